The molecule has 0 aromatic heterocycles. The number of nitriles is 1. The number of sulfone groups is 1. The minimum atomic E-state index is -3.90. The molecular weight excluding hydrogens is 655 g/mol. The number of amides is 3. The lowest BCUT2D eigenvalue weighted by molar-refractivity contribution is -0.133. The Morgan fingerprint density at radius 3 is 2.16 bits per heavy atom. The van der Waals surface area contributed by atoms with E-state index >= 15 is 0 Å². The molecule has 0 bridgehead atoms. The molecule has 2 aromatic carbocycles. The number of benzene rings is 2. The highest BCUT2D eigenvalue weighted by atomic mass is 32.2. The van der Waals surface area contributed by atoms with Crippen LogP contribution in [-0.2, 0) is 25.8 Å². The number of nitrogens with one attached hydrogen (secondary N) is 3. The Kier molecular flexibility index (Phi) is 12.5. The average molecular weight is 708 g/mol. The number of hydrogen-bond donors (Lipinski definition) is 4. The normalized spacial score (nSPS) is 21.8. The summed E-state index contributed by atoms with van der Waals surface area (Å²) in [6, 6.07) is 14.2. The zero-order valence-electron chi connectivity index (χ0n) is 30.1. The molecule has 0 spiro atoms. The summed E-state index contributed by atoms with van der Waals surface area (Å²) in [5.41, 5.74) is 0.900. The first-order chi connectivity index (χ1) is 23.4. The molecule has 6 atom stereocenters. The molecule has 3 amide bonds. The van der Waals surface area contributed by atoms with Crippen molar-refractivity contribution in [1.29, 1.82) is 5.26 Å². The molecule has 1 saturated carbocycles. The second kappa shape index (κ2) is 16.0. The lowest BCUT2D eigenvalue weighted by Gasteiger charge is -2.47. The van der Waals surface area contributed by atoms with Gasteiger partial charge in [-0.25, -0.2) is 8.42 Å². The summed E-state index contributed by atoms with van der Waals surface area (Å²) in [5, 5.41) is 29.7. The van der Waals surface area contributed by atoms with E-state index in [1.807, 2.05) is 62.1 Å². The lowest BCUT2D eigenvalue weighted by atomic mass is 9.72. The van der Waals surface area contributed by atoms with E-state index in [4.69, 9.17) is 5.26 Å². The van der Waals surface area contributed by atoms with Crippen LogP contribution in [0.4, 0.5) is 0 Å². The van der Waals surface area contributed by atoms with Crippen molar-refractivity contribution >= 4 is 27.6 Å². The fourth-order valence-electron chi connectivity index (χ4n) is 7.09. The fourth-order valence-corrected chi connectivity index (χ4v) is 7.69. The van der Waals surface area contributed by atoms with E-state index in [9.17, 15) is 27.9 Å². The summed E-state index contributed by atoms with van der Waals surface area (Å²) >= 11 is 0. The Balaban J connectivity index is 1.63. The van der Waals surface area contributed by atoms with E-state index < -0.39 is 56.2 Å². The minimum absolute atomic E-state index is 0.0853. The minimum Gasteiger partial charge on any atom is -0.390 e. The number of aliphatic hydroxyl groups is 1. The average Bonchev–Trinajstić information content (AvgIpc) is 3.05. The summed E-state index contributed by atoms with van der Waals surface area (Å²) in [5.74, 6) is -0.691. The topological polar surface area (TPSA) is 169 Å². The van der Waals surface area contributed by atoms with Gasteiger partial charge in [0.25, 0.3) is 5.91 Å². The van der Waals surface area contributed by atoms with Crippen LogP contribution in [0.25, 0.3) is 0 Å². The van der Waals surface area contributed by atoms with Gasteiger partial charge in [0.1, 0.15) is 6.04 Å². The number of aliphatic hydroxyl groups excluding tert-OH is 1. The van der Waals surface area contributed by atoms with Crippen molar-refractivity contribution in [2.45, 2.75) is 108 Å². The molecule has 4 rings (SSSR count). The van der Waals surface area contributed by atoms with Crippen LogP contribution in [0.3, 0.4) is 0 Å². The van der Waals surface area contributed by atoms with Gasteiger partial charge in [0.05, 0.1) is 34.6 Å². The van der Waals surface area contributed by atoms with Crippen LogP contribution in [0, 0.1) is 23.2 Å². The molecule has 272 valence electrons. The predicted octanol–water partition coefficient (Wildman–Crippen LogP) is 3.36. The maximum Gasteiger partial charge on any atom is 0.251 e. The summed E-state index contributed by atoms with van der Waals surface area (Å²) in [4.78, 5) is 43.3. The highest BCUT2D eigenvalue weighted by Crippen LogP contribution is 2.39. The zero-order chi connectivity index (χ0) is 36.9. The van der Waals surface area contributed by atoms with E-state index in [0.29, 0.717) is 30.4 Å². The number of nitrogens with zero attached hydrogens (tertiary/aromatic N) is 2. The van der Waals surface area contributed by atoms with Gasteiger partial charge in [-0.15, -0.1) is 0 Å². The maximum absolute atomic E-state index is 14.2. The van der Waals surface area contributed by atoms with Crippen LogP contribution in [0.2, 0.25) is 0 Å². The van der Waals surface area contributed by atoms with Crippen LogP contribution in [0.1, 0.15) is 88.2 Å². The first-order valence-corrected chi connectivity index (χ1v) is 19.4. The smallest absolute Gasteiger partial charge is 0.251 e. The summed E-state index contributed by atoms with van der Waals surface area (Å²) < 4.78 is 24.3. The highest BCUT2D eigenvalue weighted by Gasteiger charge is 2.46. The second-order valence-corrected chi connectivity index (χ2v) is 18.2. The van der Waals surface area contributed by atoms with E-state index in [1.54, 1.807) is 0 Å². The number of rotatable bonds is 12. The first-order valence-electron chi connectivity index (χ1n) is 17.5. The Hall–Kier alpha value is -3.79. The van der Waals surface area contributed by atoms with Crippen LogP contribution < -0.4 is 16.0 Å². The Morgan fingerprint density at radius 2 is 1.58 bits per heavy atom. The zero-order valence-corrected chi connectivity index (χ0v) is 30.9. The van der Waals surface area contributed by atoms with Gasteiger partial charge in [0, 0.05) is 30.4 Å². The third-order valence-corrected chi connectivity index (χ3v) is 12.4. The van der Waals surface area contributed by atoms with Crippen molar-refractivity contribution in [3.63, 3.8) is 0 Å². The molecule has 6 unspecified atom stereocenters. The number of carbonyl (C=O) groups excluding carboxylic acids is 3. The molecule has 1 aliphatic carbocycles. The van der Waals surface area contributed by atoms with E-state index in [2.05, 4.69) is 16.0 Å². The van der Waals surface area contributed by atoms with Crippen molar-refractivity contribution in [3.05, 3.63) is 71.3 Å². The summed E-state index contributed by atoms with van der Waals surface area (Å²) in [6.07, 6.45) is 5.22. The predicted molar refractivity (Wildman–Crippen MR) is 193 cm³/mol. The van der Waals surface area contributed by atoms with Crippen molar-refractivity contribution in [1.82, 2.24) is 20.9 Å². The molecule has 50 heavy (non-hydrogen) atoms. The molecule has 1 aliphatic heterocycles. The van der Waals surface area contributed by atoms with Crippen molar-refractivity contribution in [2.24, 2.45) is 11.8 Å². The fraction of sp³-hybridized carbons (Fsp3) is 0.579. The quantitative estimate of drug-likeness (QED) is 0.261. The maximum atomic E-state index is 14.2. The van der Waals surface area contributed by atoms with Crippen LogP contribution in [-0.4, -0.2) is 90.0 Å². The van der Waals surface area contributed by atoms with E-state index in [1.165, 1.54) is 38.1 Å². The first kappa shape index (κ1) is 39.0. The molecular formula is C38H53N5O6S. The molecule has 2 aliphatic rings. The number of β-amino-alcohol motifs (C(OH)–C–C–N with tert-alkyl or cyclic N) is 1. The van der Waals surface area contributed by atoms with Gasteiger partial charge in [0.2, 0.25) is 11.8 Å². The van der Waals surface area contributed by atoms with Gasteiger partial charge < -0.3 is 21.1 Å². The van der Waals surface area contributed by atoms with Crippen LogP contribution in [0.15, 0.2) is 54.6 Å². The molecule has 1 saturated heterocycles. The van der Waals surface area contributed by atoms with Gasteiger partial charge >= 0.3 is 0 Å². The van der Waals surface area contributed by atoms with Crippen molar-refractivity contribution in [3.8, 4) is 6.07 Å². The number of carbonyl (C=O) groups is 3. The molecule has 11 nitrogen and oxygen atoms in total. The third kappa shape index (κ3) is 9.92. The van der Waals surface area contributed by atoms with Crippen molar-refractivity contribution < 1.29 is 27.9 Å². The Morgan fingerprint density at radius 1 is 0.960 bits per heavy atom. The number of piperidine rings is 1. The molecule has 4 N–H and O–H groups in total. The van der Waals surface area contributed by atoms with Gasteiger partial charge in [-0.05, 0) is 95.5 Å². The van der Waals surface area contributed by atoms with E-state index in [0.717, 1.165) is 37.5 Å². The standard InChI is InChI=1S/C38H53N5O6S/c1-37(2,3)42-35(46)31-21-28-14-10-11-15-29(28)23-43(31)24-32(44)30(20-25-12-8-7-9-13-25)40-36(47)33(38(4,5)50(6,48)49)41-34(45)27-18-16-26(22-39)17-19-27/h7-9,12-13,16-19,28-33,44H,10-11,14-15,20-21,23-24H2,1-6H3,(H,40,47)(H,41,45)(H,42,46). The summed E-state index contributed by atoms with van der Waals surface area (Å²) in [7, 11) is -3.90. The van der Waals surface area contributed by atoms with Crippen molar-refractivity contribution in [2.75, 3.05) is 19.3 Å². The highest BCUT2D eigenvalue weighted by molar-refractivity contribution is 7.92. The van der Waals surface area contributed by atoms with Gasteiger partial charge in [-0.1, -0.05) is 49.6 Å². The molecule has 2 aromatic rings. The Labute approximate surface area is 297 Å². The number of hydrogen-bond acceptors (Lipinski definition) is 8. The monoisotopic (exact) mass is 707 g/mol. The molecule has 0 radical (unpaired) electrons. The summed E-state index contributed by atoms with van der Waals surface area (Å²) in [6.45, 7) is 9.34. The SMILES string of the molecule is CC(C)(C)NC(=O)C1CC2CCCCC2CN1CC(O)C(Cc1ccccc1)NC(=O)C(NC(=O)c1ccc(C#N)cc1)C(C)(C)S(C)(=O)=O. The van der Waals surface area contributed by atoms with Crippen LogP contribution >= 0.6 is 0 Å². The third-order valence-electron chi connectivity index (χ3n) is 10.3. The molecule has 1 heterocycles. The number of fused-ring (bicyclic) bond motifs is 1. The lowest BCUT2D eigenvalue weighted by Crippen LogP contribution is -2.64. The second-order valence-electron chi connectivity index (χ2n) is 15.6. The van der Waals surface area contributed by atoms with Crippen LogP contribution in [0.5, 0.6) is 0 Å². The van der Waals surface area contributed by atoms with Gasteiger partial charge in [-0.2, -0.15) is 5.26 Å². The molecule has 12 heteroatoms. The Bertz CT molecular complexity index is 1650. The van der Waals surface area contributed by atoms with E-state index in [-0.39, 0.29) is 24.4 Å². The van der Waals surface area contributed by atoms with Gasteiger partial charge in [-0.3, -0.25) is 19.3 Å². The number of likely N-dealkylation sites (tertiary alicyclic amines) is 1. The molecule has 2 fully saturated rings. The van der Waals surface area contributed by atoms with Gasteiger partial charge in [0.15, 0.2) is 9.84 Å². The largest absolute Gasteiger partial charge is 0.390 e.